The Morgan fingerprint density at radius 1 is 1.45 bits per heavy atom. The van der Waals surface area contributed by atoms with Crippen molar-refractivity contribution in [1.82, 2.24) is 9.55 Å². The van der Waals surface area contributed by atoms with Gasteiger partial charge in [0.15, 0.2) is 5.16 Å². The van der Waals surface area contributed by atoms with Gasteiger partial charge >= 0.3 is 0 Å². The van der Waals surface area contributed by atoms with Gasteiger partial charge in [-0.3, -0.25) is 0 Å². The Kier molecular flexibility index (Phi) is 5.88. The lowest BCUT2D eigenvalue weighted by molar-refractivity contribution is -0.304. The molecule has 1 aromatic heterocycles. The van der Waals surface area contributed by atoms with Crippen molar-refractivity contribution in [2.75, 3.05) is 0 Å². The van der Waals surface area contributed by atoms with Crippen molar-refractivity contribution in [3.63, 3.8) is 0 Å². The number of carboxylic acid groups (broad SMARTS) is 1. The van der Waals surface area contributed by atoms with Crippen LogP contribution < -0.4 is 5.11 Å². The van der Waals surface area contributed by atoms with Crippen LogP contribution in [-0.2, 0) is 17.9 Å². The summed E-state index contributed by atoms with van der Waals surface area (Å²) in [7, 11) is 0. The topological polar surface area (TPSA) is 78.2 Å². The fraction of sp³-hybridized carbons (Fsp3) is 0.333. The summed E-state index contributed by atoms with van der Waals surface area (Å²) < 4.78 is 1.82. The van der Waals surface area contributed by atoms with Crippen molar-refractivity contribution in [3.05, 3.63) is 46.7 Å². The zero-order valence-electron chi connectivity index (χ0n) is 12.0. The van der Waals surface area contributed by atoms with Crippen molar-refractivity contribution in [3.8, 4) is 0 Å². The lowest BCUT2D eigenvalue weighted by Crippen LogP contribution is -2.33. The number of aliphatic hydroxyl groups excluding tert-OH is 1. The van der Waals surface area contributed by atoms with Gasteiger partial charge in [0.2, 0.25) is 0 Å². The van der Waals surface area contributed by atoms with Crippen LogP contribution in [0.25, 0.3) is 0 Å². The summed E-state index contributed by atoms with van der Waals surface area (Å²) in [5, 5.41) is 20.9. The molecule has 1 atom stereocenters. The van der Waals surface area contributed by atoms with Gasteiger partial charge in [-0.15, -0.1) is 0 Å². The van der Waals surface area contributed by atoms with Crippen LogP contribution in [0, 0.1) is 0 Å². The average Bonchev–Trinajstić information content (AvgIpc) is 2.88. The van der Waals surface area contributed by atoms with Gasteiger partial charge in [0.05, 0.1) is 23.5 Å². The van der Waals surface area contributed by atoms with Crippen LogP contribution in [0.2, 0.25) is 5.02 Å². The Bertz CT molecular complexity index is 643. The maximum Gasteiger partial charge on any atom is 0.169 e. The number of halogens is 1. The first-order valence-corrected chi connectivity index (χ1v) is 8.08. The van der Waals surface area contributed by atoms with Crippen molar-refractivity contribution in [2.45, 2.75) is 36.9 Å². The van der Waals surface area contributed by atoms with Crippen molar-refractivity contribution in [2.24, 2.45) is 0 Å². The number of aliphatic hydroxyl groups is 1. The van der Waals surface area contributed by atoms with Crippen LogP contribution in [-0.4, -0.2) is 25.9 Å². The van der Waals surface area contributed by atoms with E-state index in [2.05, 4.69) is 4.98 Å². The molecule has 5 nitrogen and oxygen atoms in total. The van der Waals surface area contributed by atoms with E-state index in [1.165, 1.54) is 0 Å². The maximum atomic E-state index is 11.1. The highest BCUT2D eigenvalue weighted by Gasteiger charge is 2.15. The Labute approximate surface area is 137 Å². The first kappa shape index (κ1) is 16.9. The van der Waals surface area contributed by atoms with Gasteiger partial charge in [0.1, 0.15) is 0 Å². The van der Waals surface area contributed by atoms with Crippen LogP contribution in [0.1, 0.15) is 24.6 Å². The summed E-state index contributed by atoms with van der Waals surface area (Å²) in [5.41, 5.74) is 1.51. The zero-order valence-corrected chi connectivity index (χ0v) is 13.6. The predicted molar refractivity (Wildman–Crippen MR) is 83.6 cm³/mol. The summed E-state index contributed by atoms with van der Waals surface area (Å²) >= 11 is 7.00. The molecule has 0 aliphatic carbocycles. The van der Waals surface area contributed by atoms with Gasteiger partial charge < -0.3 is 19.6 Å². The van der Waals surface area contributed by atoms with E-state index in [9.17, 15) is 15.0 Å². The van der Waals surface area contributed by atoms with Gasteiger partial charge in [-0.05, 0) is 24.1 Å². The fourth-order valence-electron chi connectivity index (χ4n) is 1.95. The number of thioether (sulfide) groups is 1. The molecule has 1 N–H and O–H groups in total. The molecule has 22 heavy (non-hydrogen) atoms. The molecule has 0 amide bonds. The van der Waals surface area contributed by atoms with Gasteiger partial charge in [-0.1, -0.05) is 42.4 Å². The van der Waals surface area contributed by atoms with Crippen LogP contribution in [0.3, 0.4) is 0 Å². The summed E-state index contributed by atoms with van der Waals surface area (Å²) in [6.45, 7) is 2.12. The molecule has 0 radical (unpaired) electrons. The monoisotopic (exact) mass is 339 g/mol. The number of aliphatic carboxylic acids is 1. The Morgan fingerprint density at radius 3 is 2.68 bits per heavy atom. The molecule has 2 rings (SSSR count). The molecule has 0 saturated heterocycles. The van der Waals surface area contributed by atoms with Crippen molar-refractivity contribution < 1.29 is 15.0 Å². The summed E-state index contributed by atoms with van der Waals surface area (Å²) in [4.78, 5) is 15.4. The van der Waals surface area contributed by atoms with Gasteiger partial charge in [0, 0.05) is 17.8 Å². The number of carbonyl (C=O) groups is 1. The van der Waals surface area contributed by atoms with Crippen LogP contribution in [0.15, 0.2) is 35.6 Å². The zero-order chi connectivity index (χ0) is 16.1. The molecule has 118 valence electrons. The summed E-state index contributed by atoms with van der Waals surface area (Å²) in [5.74, 6) is -1.11. The normalized spacial score (nSPS) is 12.3. The van der Waals surface area contributed by atoms with E-state index in [-0.39, 0.29) is 6.61 Å². The number of imidazole rings is 1. The van der Waals surface area contributed by atoms with Gasteiger partial charge in [-0.2, -0.15) is 0 Å². The number of carboxylic acids is 1. The van der Waals surface area contributed by atoms with E-state index in [1.807, 2.05) is 16.7 Å². The third kappa shape index (κ3) is 4.25. The van der Waals surface area contributed by atoms with Crippen LogP contribution >= 0.6 is 23.4 Å². The highest BCUT2D eigenvalue weighted by Crippen LogP contribution is 2.26. The van der Waals surface area contributed by atoms with E-state index in [4.69, 9.17) is 11.6 Å². The summed E-state index contributed by atoms with van der Waals surface area (Å²) in [6, 6.07) is 7.38. The van der Waals surface area contributed by atoms with E-state index in [1.54, 1.807) is 25.3 Å². The van der Waals surface area contributed by atoms with E-state index < -0.39 is 11.2 Å². The predicted octanol–water partition coefficient (Wildman–Crippen LogP) is 1.70. The number of hydrogen-bond donors (Lipinski definition) is 1. The van der Waals surface area contributed by atoms with E-state index in [0.29, 0.717) is 28.8 Å². The molecule has 1 heterocycles. The highest BCUT2D eigenvalue weighted by molar-refractivity contribution is 8.00. The number of carbonyl (C=O) groups excluding carboxylic acids is 1. The third-order valence-corrected chi connectivity index (χ3v) is 4.70. The largest absolute Gasteiger partial charge is 0.549 e. The minimum atomic E-state index is -1.11. The number of rotatable bonds is 7. The number of hydrogen-bond acceptors (Lipinski definition) is 5. The molecular formula is C15H16ClN2O3S-. The van der Waals surface area contributed by atoms with Crippen LogP contribution in [0.4, 0.5) is 0 Å². The molecule has 7 heteroatoms. The smallest absolute Gasteiger partial charge is 0.169 e. The third-order valence-electron chi connectivity index (χ3n) is 3.10. The molecule has 0 spiro atoms. The van der Waals surface area contributed by atoms with E-state index in [0.717, 1.165) is 17.3 Å². The number of benzene rings is 1. The molecule has 0 aliphatic rings. The molecule has 0 fully saturated rings. The second kappa shape index (κ2) is 7.67. The van der Waals surface area contributed by atoms with Gasteiger partial charge in [-0.25, -0.2) is 4.98 Å². The molecule has 2 aromatic rings. The SMILES string of the molecule is CC[C@@H](Sc1nc(CO)cn1Cc1ccc(Cl)cc1)C(=O)[O-]. The number of nitrogens with zero attached hydrogens (tertiary/aromatic N) is 2. The Morgan fingerprint density at radius 2 is 2.14 bits per heavy atom. The van der Waals surface area contributed by atoms with E-state index >= 15 is 0 Å². The second-order valence-corrected chi connectivity index (χ2v) is 6.37. The van der Waals surface area contributed by atoms with Crippen LogP contribution in [0.5, 0.6) is 0 Å². The molecule has 1 aromatic carbocycles. The molecule has 0 aliphatic heterocycles. The molecular weight excluding hydrogens is 324 g/mol. The first-order chi connectivity index (χ1) is 10.5. The van der Waals surface area contributed by atoms with Crippen molar-refractivity contribution in [1.29, 1.82) is 0 Å². The Hall–Kier alpha value is -1.50. The highest BCUT2D eigenvalue weighted by atomic mass is 35.5. The maximum absolute atomic E-state index is 11.1. The average molecular weight is 340 g/mol. The first-order valence-electron chi connectivity index (χ1n) is 6.82. The quantitative estimate of drug-likeness (QED) is 0.777. The lowest BCUT2D eigenvalue weighted by atomic mass is 10.2. The van der Waals surface area contributed by atoms with Gasteiger partial charge in [0.25, 0.3) is 0 Å². The number of aromatic nitrogens is 2. The Balaban J connectivity index is 2.24. The minimum absolute atomic E-state index is 0.191. The second-order valence-electron chi connectivity index (χ2n) is 4.76. The molecule has 0 unspecified atom stereocenters. The fourth-order valence-corrected chi connectivity index (χ4v) is 3.01. The molecule has 0 bridgehead atoms. The van der Waals surface area contributed by atoms with Crippen molar-refractivity contribution >= 4 is 29.3 Å². The minimum Gasteiger partial charge on any atom is -0.549 e. The lowest BCUT2D eigenvalue weighted by Gasteiger charge is -2.15. The standard InChI is InChI=1S/C15H17ClN2O3S/c1-2-13(14(20)21)22-15-17-12(9-19)8-18(15)7-10-3-5-11(16)6-4-10/h3-6,8,13,19H,2,7,9H2,1H3,(H,20,21)/p-1/t13-/m1/s1. The summed E-state index contributed by atoms with van der Waals surface area (Å²) in [6.07, 6.45) is 2.16. The molecule has 0 saturated carbocycles.